The Balaban J connectivity index is 2.17. The molecule has 1 fully saturated rings. The van der Waals surface area contributed by atoms with Gasteiger partial charge in [0.1, 0.15) is 0 Å². The molecule has 1 aliphatic rings. The first-order chi connectivity index (χ1) is 10.2. The van der Waals surface area contributed by atoms with Gasteiger partial charge in [-0.25, -0.2) is 9.48 Å². The van der Waals surface area contributed by atoms with Crippen LogP contribution in [0.1, 0.15) is 48.4 Å². The zero-order chi connectivity index (χ0) is 15.2. The summed E-state index contributed by atoms with van der Waals surface area (Å²) in [6.45, 7) is 3.76. The lowest BCUT2D eigenvalue weighted by Gasteiger charge is -2.13. The molecule has 21 heavy (non-hydrogen) atoms. The van der Waals surface area contributed by atoms with Crippen molar-refractivity contribution in [1.82, 2.24) is 25.6 Å². The van der Waals surface area contributed by atoms with Crippen molar-refractivity contribution in [1.29, 1.82) is 0 Å². The minimum atomic E-state index is -0.497. The van der Waals surface area contributed by atoms with Gasteiger partial charge in [-0.3, -0.25) is 4.79 Å². The van der Waals surface area contributed by atoms with E-state index in [1.165, 1.54) is 7.11 Å². The highest BCUT2D eigenvalue weighted by Crippen LogP contribution is 2.25. The number of carbonyl (C=O) groups is 2. The van der Waals surface area contributed by atoms with Gasteiger partial charge in [0.15, 0.2) is 5.69 Å². The highest BCUT2D eigenvalue weighted by Gasteiger charge is 2.29. The van der Waals surface area contributed by atoms with Gasteiger partial charge in [0.2, 0.25) is 5.91 Å². The molecular formula is C13H21N5O3. The van der Waals surface area contributed by atoms with Crippen LogP contribution in [-0.4, -0.2) is 47.1 Å². The highest BCUT2D eigenvalue weighted by atomic mass is 16.5. The molecule has 0 aromatic carbocycles. The Kier molecular flexibility index (Phi) is 5.26. The number of amides is 1. The lowest BCUT2D eigenvalue weighted by atomic mass is 10.1. The molecule has 0 radical (unpaired) electrons. The Morgan fingerprint density at radius 2 is 2.33 bits per heavy atom. The van der Waals surface area contributed by atoms with Crippen molar-refractivity contribution in [3.63, 3.8) is 0 Å². The molecule has 1 atom stereocenters. The summed E-state index contributed by atoms with van der Waals surface area (Å²) in [4.78, 5) is 23.4. The number of rotatable bonds is 6. The summed E-state index contributed by atoms with van der Waals surface area (Å²) in [7, 11) is 1.32. The van der Waals surface area contributed by atoms with Gasteiger partial charge < -0.3 is 15.4 Å². The average molecular weight is 295 g/mol. The van der Waals surface area contributed by atoms with E-state index in [2.05, 4.69) is 20.9 Å². The second-order valence-electron chi connectivity index (χ2n) is 4.89. The van der Waals surface area contributed by atoms with Gasteiger partial charge in [-0.05, 0) is 26.3 Å². The summed E-state index contributed by atoms with van der Waals surface area (Å²) < 4.78 is 6.38. The maximum Gasteiger partial charge on any atom is 0.360 e. The summed E-state index contributed by atoms with van der Waals surface area (Å²) in [5, 5.41) is 14.0. The highest BCUT2D eigenvalue weighted by molar-refractivity contribution is 5.88. The van der Waals surface area contributed by atoms with Crippen LogP contribution in [0.15, 0.2) is 0 Å². The van der Waals surface area contributed by atoms with Gasteiger partial charge >= 0.3 is 5.97 Å². The molecule has 116 valence electrons. The van der Waals surface area contributed by atoms with Crippen LogP contribution in [0.25, 0.3) is 0 Å². The minimum Gasteiger partial charge on any atom is -0.464 e. The monoisotopic (exact) mass is 295 g/mol. The topological polar surface area (TPSA) is 98.1 Å². The van der Waals surface area contributed by atoms with Crippen LogP contribution in [-0.2, 0) is 16.1 Å². The van der Waals surface area contributed by atoms with Crippen molar-refractivity contribution in [2.45, 2.75) is 38.8 Å². The van der Waals surface area contributed by atoms with E-state index in [4.69, 9.17) is 4.74 Å². The second-order valence-corrected chi connectivity index (χ2v) is 4.89. The molecule has 2 heterocycles. The predicted molar refractivity (Wildman–Crippen MR) is 74.6 cm³/mol. The zero-order valence-electron chi connectivity index (χ0n) is 12.4. The molecule has 8 nitrogen and oxygen atoms in total. The number of esters is 1. The SMILES string of the molecule is CCNC(=O)CCn1nnc(C(=O)OC)c1C1CCCN1. The third kappa shape index (κ3) is 3.57. The van der Waals surface area contributed by atoms with Crippen molar-refractivity contribution in [2.24, 2.45) is 0 Å². The molecule has 1 aliphatic heterocycles. The third-order valence-electron chi connectivity index (χ3n) is 3.47. The average Bonchev–Trinajstić information content (AvgIpc) is 3.13. The molecule has 0 saturated carbocycles. The van der Waals surface area contributed by atoms with Crippen molar-refractivity contribution < 1.29 is 14.3 Å². The number of nitrogens with zero attached hydrogens (tertiary/aromatic N) is 3. The van der Waals surface area contributed by atoms with Crippen molar-refractivity contribution in [3.05, 3.63) is 11.4 Å². The number of ether oxygens (including phenoxy) is 1. The molecule has 1 unspecified atom stereocenters. The fourth-order valence-electron chi connectivity index (χ4n) is 2.48. The van der Waals surface area contributed by atoms with Gasteiger partial charge in [0.25, 0.3) is 0 Å². The molecule has 0 bridgehead atoms. The summed E-state index contributed by atoms with van der Waals surface area (Å²) in [6, 6.07) is 0.0309. The van der Waals surface area contributed by atoms with E-state index < -0.39 is 5.97 Å². The first-order valence-corrected chi connectivity index (χ1v) is 7.19. The van der Waals surface area contributed by atoms with Gasteiger partial charge in [-0.15, -0.1) is 5.10 Å². The fourth-order valence-corrected chi connectivity index (χ4v) is 2.48. The minimum absolute atomic E-state index is 0.0309. The fraction of sp³-hybridized carbons (Fsp3) is 0.692. The van der Waals surface area contributed by atoms with Crippen LogP contribution >= 0.6 is 0 Å². The normalized spacial score (nSPS) is 17.7. The molecule has 1 aromatic heterocycles. The third-order valence-corrected chi connectivity index (χ3v) is 3.47. The van der Waals surface area contributed by atoms with E-state index in [1.807, 2.05) is 6.92 Å². The molecular weight excluding hydrogens is 274 g/mol. The van der Waals surface area contributed by atoms with E-state index in [0.717, 1.165) is 19.4 Å². The van der Waals surface area contributed by atoms with Crippen LogP contribution in [0.2, 0.25) is 0 Å². The van der Waals surface area contributed by atoms with Crippen LogP contribution < -0.4 is 10.6 Å². The Labute approximate surface area is 123 Å². The van der Waals surface area contributed by atoms with E-state index in [0.29, 0.717) is 25.2 Å². The lowest BCUT2D eigenvalue weighted by Crippen LogP contribution is -2.26. The lowest BCUT2D eigenvalue weighted by molar-refractivity contribution is -0.121. The Hall–Kier alpha value is -1.96. The molecule has 2 N–H and O–H groups in total. The van der Waals surface area contributed by atoms with Crippen molar-refractivity contribution >= 4 is 11.9 Å². The van der Waals surface area contributed by atoms with Crippen LogP contribution in [0.4, 0.5) is 0 Å². The first-order valence-electron chi connectivity index (χ1n) is 7.19. The Morgan fingerprint density at radius 3 is 2.95 bits per heavy atom. The Bertz CT molecular complexity index is 508. The van der Waals surface area contributed by atoms with Crippen molar-refractivity contribution in [2.75, 3.05) is 20.2 Å². The van der Waals surface area contributed by atoms with Gasteiger partial charge in [0, 0.05) is 13.0 Å². The number of hydrogen-bond donors (Lipinski definition) is 2. The molecule has 2 rings (SSSR count). The summed E-state index contributed by atoms with van der Waals surface area (Å²) in [5.41, 5.74) is 0.941. The van der Waals surface area contributed by atoms with Gasteiger partial charge in [0.05, 0.1) is 25.4 Å². The van der Waals surface area contributed by atoms with Crippen LogP contribution in [0.5, 0.6) is 0 Å². The molecule has 1 aromatic rings. The maximum atomic E-state index is 11.8. The Morgan fingerprint density at radius 1 is 1.52 bits per heavy atom. The molecule has 0 aliphatic carbocycles. The number of carbonyl (C=O) groups excluding carboxylic acids is 2. The first kappa shape index (κ1) is 15.4. The van der Waals surface area contributed by atoms with Crippen LogP contribution in [0, 0.1) is 0 Å². The summed E-state index contributed by atoms with van der Waals surface area (Å²) >= 11 is 0. The predicted octanol–water partition coefficient (Wildman–Crippen LogP) is 0.0154. The van der Waals surface area contributed by atoms with E-state index in [9.17, 15) is 9.59 Å². The quantitative estimate of drug-likeness (QED) is 0.718. The molecule has 0 spiro atoms. The molecule has 8 heteroatoms. The molecule has 1 amide bonds. The molecule has 1 saturated heterocycles. The number of aryl methyl sites for hydroxylation is 1. The smallest absolute Gasteiger partial charge is 0.360 e. The van der Waals surface area contributed by atoms with Gasteiger partial charge in [-0.2, -0.15) is 0 Å². The van der Waals surface area contributed by atoms with E-state index >= 15 is 0 Å². The van der Waals surface area contributed by atoms with Crippen molar-refractivity contribution in [3.8, 4) is 0 Å². The summed E-state index contributed by atoms with van der Waals surface area (Å²) in [6.07, 6.45) is 2.25. The maximum absolute atomic E-state index is 11.8. The number of methoxy groups -OCH3 is 1. The van der Waals surface area contributed by atoms with Crippen LogP contribution in [0.3, 0.4) is 0 Å². The van der Waals surface area contributed by atoms with Gasteiger partial charge in [-0.1, -0.05) is 5.21 Å². The number of hydrogen-bond acceptors (Lipinski definition) is 6. The second kappa shape index (κ2) is 7.16. The van der Waals surface area contributed by atoms with E-state index in [1.54, 1.807) is 4.68 Å². The largest absolute Gasteiger partial charge is 0.464 e. The van der Waals surface area contributed by atoms with E-state index in [-0.39, 0.29) is 17.6 Å². The standard InChI is InChI=1S/C13H21N5O3/c1-3-14-10(19)6-8-18-12(9-5-4-7-15-9)11(16-17-18)13(20)21-2/h9,15H,3-8H2,1-2H3,(H,14,19). The number of nitrogens with one attached hydrogen (secondary N) is 2. The number of aromatic nitrogens is 3. The summed E-state index contributed by atoms with van der Waals surface area (Å²) in [5.74, 6) is -0.541. The zero-order valence-corrected chi connectivity index (χ0v) is 12.4.